The molecule has 9 heavy (non-hydrogen) atoms. The SMILES string of the molecule is C[Si](C)(C)C/C=C/CO. The summed E-state index contributed by atoms with van der Waals surface area (Å²) in [7, 11) is -0.892. The zero-order valence-electron chi connectivity index (χ0n) is 6.52. The van der Waals surface area contributed by atoms with Gasteiger partial charge in [0.2, 0.25) is 0 Å². The quantitative estimate of drug-likeness (QED) is 0.473. The average Bonchev–Trinajstić information content (AvgIpc) is 1.63. The first-order valence-electron chi connectivity index (χ1n) is 3.32. The zero-order valence-corrected chi connectivity index (χ0v) is 7.52. The highest BCUT2D eigenvalue weighted by Gasteiger charge is 2.08. The molecule has 0 aromatic heterocycles. The molecule has 1 nitrogen and oxygen atoms in total. The molecule has 0 aromatic carbocycles. The molecule has 0 fully saturated rings. The Morgan fingerprint density at radius 2 is 1.78 bits per heavy atom. The van der Waals surface area contributed by atoms with Crippen LogP contribution in [0, 0.1) is 0 Å². The third kappa shape index (κ3) is 7.92. The number of rotatable bonds is 3. The lowest BCUT2D eigenvalue weighted by Crippen LogP contribution is -2.17. The molecule has 0 atom stereocenters. The number of allylic oxidation sites excluding steroid dienone is 1. The van der Waals surface area contributed by atoms with Crippen molar-refractivity contribution in [2.45, 2.75) is 25.7 Å². The summed E-state index contributed by atoms with van der Waals surface area (Å²) in [6.07, 6.45) is 3.89. The van der Waals surface area contributed by atoms with E-state index in [0.29, 0.717) is 0 Å². The van der Waals surface area contributed by atoms with Gasteiger partial charge >= 0.3 is 0 Å². The highest BCUT2D eigenvalue weighted by atomic mass is 28.3. The van der Waals surface area contributed by atoms with Crippen LogP contribution in [0.5, 0.6) is 0 Å². The predicted molar refractivity (Wildman–Crippen MR) is 44.4 cm³/mol. The summed E-state index contributed by atoms with van der Waals surface area (Å²) in [6.45, 7) is 7.13. The summed E-state index contributed by atoms with van der Waals surface area (Å²) in [5.74, 6) is 0. The molecule has 54 valence electrons. The van der Waals surface area contributed by atoms with Crippen molar-refractivity contribution >= 4 is 8.07 Å². The normalized spacial score (nSPS) is 12.9. The zero-order chi connectivity index (χ0) is 7.33. The molecule has 2 heteroatoms. The monoisotopic (exact) mass is 144 g/mol. The number of aliphatic hydroxyl groups excluding tert-OH is 1. The molecule has 0 amide bonds. The van der Waals surface area contributed by atoms with Gasteiger partial charge in [-0.05, 0) is 6.04 Å². The summed E-state index contributed by atoms with van der Waals surface area (Å²) in [6, 6.07) is 1.17. The second kappa shape index (κ2) is 3.85. The van der Waals surface area contributed by atoms with Gasteiger partial charge in [-0.15, -0.1) is 0 Å². The van der Waals surface area contributed by atoms with Gasteiger partial charge in [0.15, 0.2) is 0 Å². The molecule has 0 aliphatic carbocycles. The number of aliphatic hydroxyl groups is 1. The first kappa shape index (κ1) is 8.92. The van der Waals surface area contributed by atoms with Crippen molar-refractivity contribution in [1.82, 2.24) is 0 Å². The fourth-order valence-electron chi connectivity index (χ4n) is 0.511. The molecular weight excluding hydrogens is 128 g/mol. The maximum Gasteiger partial charge on any atom is 0.0612 e. The molecule has 0 unspecified atom stereocenters. The Bertz CT molecular complexity index is 91.6. The van der Waals surface area contributed by atoms with Crippen LogP contribution in [-0.4, -0.2) is 19.8 Å². The van der Waals surface area contributed by atoms with Crippen LogP contribution in [0.3, 0.4) is 0 Å². The van der Waals surface area contributed by atoms with Gasteiger partial charge < -0.3 is 5.11 Å². The van der Waals surface area contributed by atoms with Crippen LogP contribution < -0.4 is 0 Å². The van der Waals surface area contributed by atoms with Crippen LogP contribution in [0.4, 0.5) is 0 Å². The van der Waals surface area contributed by atoms with Crippen molar-refractivity contribution in [3.63, 3.8) is 0 Å². The van der Waals surface area contributed by atoms with E-state index < -0.39 is 8.07 Å². The van der Waals surface area contributed by atoms with Gasteiger partial charge in [-0.1, -0.05) is 31.8 Å². The van der Waals surface area contributed by atoms with Crippen LogP contribution in [0.2, 0.25) is 25.7 Å². The van der Waals surface area contributed by atoms with Crippen molar-refractivity contribution in [1.29, 1.82) is 0 Å². The number of hydrogen-bond acceptors (Lipinski definition) is 1. The standard InChI is InChI=1S/C7H16OSi/c1-9(2,3)7-5-4-6-8/h4-5,8H,6-7H2,1-3H3/b5-4+. The van der Waals surface area contributed by atoms with Gasteiger partial charge in [0.05, 0.1) is 6.61 Å². The largest absolute Gasteiger partial charge is 0.392 e. The maximum absolute atomic E-state index is 8.39. The van der Waals surface area contributed by atoms with Crippen molar-refractivity contribution in [2.24, 2.45) is 0 Å². The Kier molecular flexibility index (Phi) is 3.82. The van der Waals surface area contributed by atoms with E-state index in [0.717, 1.165) is 0 Å². The van der Waals surface area contributed by atoms with E-state index in [4.69, 9.17) is 5.11 Å². The third-order valence-electron chi connectivity index (χ3n) is 1.00. The van der Waals surface area contributed by atoms with E-state index in [2.05, 4.69) is 25.7 Å². The van der Waals surface area contributed by atoms with Gasteiger partial charge in [0.25, 0.3) is 0 Å². The van der Waals surface area contributed by atoms with E-state index in [-0.39, 0.29) is 6.61 Å². The molecule has 0 radical (unpaired) electrons. The number of hydrogen-bond donors (Lipinski definition) is 1. The Balaban J connectivity index is 3.38. The lowest BCUT2D eigenvalue weighted by molar-refractivity contribution is 0.342. The summed E-state index contributed by atoms with van der Waals surface area (Å²) in [4.78, 5) is 0. The van der Waals surface area contributed by atoms with Crippen molar-refractivity contribution in [3.05, 3.63) is 12.2 Å². The van der Waals surface area contributed by atoms with E-state index in [1.54, 1.807) is 0 Å². The summed E-state index contributed by atoms with van der Waals surface area (Å²) < 4.78 is 0. The highest BCUT2D eigenvalue weighted by molar-refractivity contribution is 6.76. The average molecular weight is 144 g/mol. The van der Waals surface area contributed by atoms with Crippen molar-refractivity contribution < 1.29 is 5.11 Å². The minimum Gasteiger partial charge on any atom is -0.392 e. The second-order valence-electron chi connectivity index (χ2n) is 3.42. The van der Waals surface area contributed by atoms with Crippen LogP contribution in [0.25, 0.3) is 0 Å². The Hall–Kier alpha value is -0.0831. The molecule has 0 rings (SSSR count). The lowest BCUT2D eigenvalue weighted by Gasteiger charge is -2.11. The minimum atomic E-state index is -0.892. The van der Waals surface area contributed by atoms with E-state index in [1.807, 2.05) is 6.08 Å². The van der Waals surface area contributed by atoms with Gasteiger partial charge in [-0.25, -0.2) is 0 Å². The molecule has 0 aromatic rings. The summed E-state index contributed by atoms with van der Waals surface area (Å²) in [5.41, 5.74) is 0. The van der Waals surface area contributed by atoms with Crippen molar-refractivity contribution in [2.75, 3.05) is 6.61 Å². The smallest absolute Gasteiger partial charge is 0.0612 e. The third-order valence-corrected chi connectivity index (χ3v) is 2.46. The molecule has 0 spiro atoms. The van der Waals surface area contributed by atoms with Gasteiger partial charge in [-0.2, -0.15) is 0 Å². The second-order valence-corrected chi connectivity index (χ2v) is 8.95. The first-order chi connectivity index (χ1) is 4.06. The van der Waals surface area contributed by atoms with Crippen LogP contribution >= 0.6 is 0 Å². The highest BCUT2D eigenvalue weighted by Crippen LogP contribution is 2.07. The van der Waals surface area contributed by atoms with Gasteiger partial charge in [-0.3, -0.25) is 0 Å². The molecule has 1 N–H and O–H groups in total. The lowest BCUT2D eigenvalue weighted by atomic mass is 10.6. The fourth-order valence-corrected chi connectivity index (χ4v) is 1.39. The Morgan fingerprint density at radius 3 is 2.11 bits per heavy atom. The molecule has 0 heterocycles. The molecule has 0 aliphatic heterocycles. The molecule has 0 saturated heterocycles. The van der Waals surface area contributed by atoms with Crippen LogP contribution in [0.1, 0.15) is 0 Å². The molecule has 0 saturated carbocycles. The molecule has 0 aliphatic rings. The van der Waals surface area contributed by atoms with Gasteiger partial charge in [0.1, 0.15) is 0 Å². The fraction of sp³-hybridized carbons (Fsp3) is 0.714. The van der Waals surface area contributed by atoms with E-state index in [9.17, 15) is 0 Å². The Morgan fingerprint density at radius 1 is 1.22 bits per heavy atom. The summed E-state index contributed by atoms with van der Waals surface area (Å²) in [5, 5.41) is 8.39. The Labute approximate surface area is 58.4 Å². The van der Waals surface area contributed by atoms with Gasteiger partial charge in [0, 0.05) is 8.07 Å². The van der Waals surface area contributed by atoms with Crippen LogP contribution in [0.15, 0.2) is 12.2 Å². The van der Waals surface area contributed by atoms with Crippen LogP contribution in [-0.2, 0) is 0 Å². The molecular formula is C7H16OSi. The van der Waals surface area contributed by atoms with E-state index >= 15 is 0 Å². The van der Waals surface area contributed by atoms with Crippen molar-refractivity contribution in [3.8, 4) is 0 Å². The maximum atomic E-state index is 8.39. The predicted octanol–water partition coefficient (Wildman–Crippen LogP) is 1.87. The topological polar surface area (TPSA) is 20.2 Å². The van der Waals surface area contributed by atoms with E-state index in [1.165, 1.54) is 6.04 Å². The minimum absolute atomic E-state index is 0.185. The first-order valence-corrected chi connectivity index (χ1v) is 7.03. The summed E-state index contributed by atoms with van der Waals surface area (Å²) >= 11 is 0. The molecule has 0 bridgehead atoms.